The van der Waals surface area contributed by atoms with Gasteiger partial charge < -0.3 is 18.5 Å². The minimum Gasteiger partial charge on any atom is -0.487 e. The van der Waals surface area contributed by atoms with E-state index in [1.165, 1.54) is 23.0 Å². The lowest BCUT2D eigenvalue weighted by Gasteiger charge is -2.22. The number of esters is 1. The summed E-state index contributed by atoms with van der Waals surface area (Å²) in [5.41, 5.74) is 7.72. The van der Waals surface area contributed by atoms with Gasteiger partial charge in [-0.25, -0.2) is 4.79 Å². The highest BCUT2D eigenvalue weighted by molar-refractivity contribution is 8.00. The predicted octanol–water partition coefficient (Wildman–Crippen LogP) is 8.99. The highest BCUT2D eigenvalue weighted by Crippen LogP contribution is 2.47. The van der Waals surface area contributed by atoms with E-state index in [-0.39, 0.29) is 5.76 Å². The second kappa shape index (κ2) is 12.5. The van der Waals surface area contributed by atoms with Gasteiger partial charge in [0.15, 0.2) is 0 Å². The average molecular weight is 635 g/mol. The summed E-state index contributed by atoms with van der Waals surface area (Å²) in [4.78, 5) is 18.0. The lowest BCUT2D eigenvalue weighted by atomic mass is 10.0. The first-order valence-electron chi connectivity index (χ1n) is 14.8. The van der Waals surface area contributed by atoms with Crippen LogP contribution in [0.3, 0.4) is 0 Å². The SMILES string of the molecule is COC(=O)c1ccc(Cc2c3c4c(c(OCc5ccc(-c6ccccc6)cn5)ccc4n2Cc2ccc(Cl)cc2)CC(C)S3)o1. The number of methoxy groups -OCH3 is 1. The second-order valence-corrected chi connectivity index (χ2v) is 13.1. The van der Waals surface area contributed by atoms with Crippen molar-refractivity contribution in [1.82, 2.24) is 9.55 Å². The molecule has 0 bridgehead atoms. The fourth-order valence-corrected chi connectivity index (χ4v) is 7.38. The molecule has 0 spiro atoms. The van der Waals surface area contributed by atoms with Crippen molar-refractivity contribution in [3.8, 4) is 16.9 Å². The first kappa shape index (κ1) is 29.3. The largest absolute Gasteiger partial charge is 0.487 e. The zero-order valence-corrected chi connectivity index (χ0v) is 26.5. The van der Waals surface area contributed by atoms with Crippen molar-refractivity contribution in [2.45, 2.75) is 43.1 Å². The van der Waals surface area contributed by atoms with Crippen molar-refractivity contribution in [3.63, 3.8) is 0 Å². The van der Waals surface area contributed by atoms with Gasteiger partial charge in [0, 0.05) is 56.5 Å². The molecule has 6 nitrogen and oxygen atoms in total. The van der Waals surface area contributed by atoms with E-state index in [0.29, 0.717) is 35.6 Å². The molecule has 0 saturated carbocycles. The van der Waals surface area contributed by atoms with Gasteiger partial charge in [0.25, 0.3) is 0 Å². The van der Waals surface area contributed by atoms with Gasteiger partial charge in [0.05, 0.1) is 18.3 Å². The molecule has 0 amide bonds. The van der Waals surface area contributed by atoms with Gasteiger partial charge in [-0.3, -0.25) is 4.98 Å². The number of hydrogen-bond donors (Lipinski definition) is 0. The molecule has 7 rings (SSSR count). The fraction of sp³-hybridized carbons (Fsp3) is 0.189. The molecule has 1 aliphatic rings. The van der Waals surface area contributed by atoms with Gasteiger partial charge in [-0.2, -0.15) is 0 Å². The highest BCUT2D eigenvalue weighted by Gasteiger charge is 2.29. The number of thioether (sulfide) groups is 1. The maximum Gasteiger partial charge on any atom is 0.373 e. The van der Waals surface area contributed by atoms with Crippen LogP contribution in [-0.4, -0.2) is 27.9 Å². The summed E-state index contributed by atoms with van der Waals surface area (Å²) in [5, 5.41) is 2.27. The Hall–Kier alpha value is -4.46. The van der Waals surface area contributed by atoms with Crippen LogP contribution >= 0.6 is 23.4 Å². The van der Waals surface area contributed by atoms with Crippen molar-refractivity contribution in [2.24, 2.45) is 0 Å². The molecule has 1 atom stereocenters. The first-order chi connectivity index (χ1) is 22.0. The molecule has 3 aromatic heterocycles. The van der Waals surface area contributed by atoms with Gasteiger partial charge in [0.1, 0.15) is 18.1 Å². The number of carbonyl (C=O) groups is 1. The van der Waals surface area contributed by atoms with Gasteiger partial charge in [-0.05, 0) is 60.0 Å². The number of furan rings is 1. The van der Waals surface area contributed by atoms with Crippen LogP contribution in [0.15, 0.2) is 107 Å². The third-order valence-electron chi connectivity index (χ3n) is 8.12. The van der Waals surface area contributed by atoms with Crippen molar-refractivity contribution < 1.29 is 18.7 Å². The predicted molar refractivity (Wildman–Crippen MR) is 178 cm³/mol. The second-order valence-electron chi connectivity index (χ2n) is 11.2. The van der Waals surface area contributed by atoms with E-state index in [1.807, 2.05) is 60.4 Å². The van der Waals surface area contributed by atoms with Gasteiger partial charge in [-0.1, -0.05) is 67.1 Å². The van der Waals surface area contributed by atoms with E-state index in [0.717, 1.165) is 45.8 Å². The Morgan fingerprint density at radius 3 is 2.58 bits per heavy atom. The summed E-state index contributed by atoms with van der Waals surface area (Å²) in [6.45, 7) is 3.30. The molecule has 0 saturated heterocycles. The van der Waals surface area contributed by atoms with Crippen molar-refractivity contribution in [3.05, 3.63) is 136 Å². The normalized spacial score (nSPS) is 14.1. The number of benzene rings is 3. The Balaban J connectivity index is 1.25. The Bertz CT molecular complexity index is 1980. The first-order valence-corrected chi connectivity index (χ1v) is 16.1. The number of rotatable bonds is 9. The fourth-order valence-electron chi connectivity index (χ4n) is 5.94. The van der Waals surface area contributed by atoms with E-state index in [4.69, 9.17) is 25.5 Å². The maximum atomic E-state index is 12.1. The molecule has 6 aromatic rings. The van der Waals surface area contributed by atoms with Crippen LogP contribution in [0.4, 0.5) is 0 Å². The third kappa shape index (κ3) is 5.98. The Labute approximate surface area is 271 Å². The average Bonchev–Trinajstić information content (AvgIpc) is 3.65. The molecule has 0 N–H and O–H groups in total. The topological polar surface area (TPSA) is 66.5 Å². The van der Waals surface area contributed by atoms with Gasteiger partial charge in [-0.15, -0.1) is 11.8 Å². The minimum atomic E-state index is -0.486. The number of hydrogen-bond acceptors (Lipinski definition) is 6. The standard InChI is InChI=1S/C37H31ClN2O4S/c1-23-18-30-33(43-22-28-13-10-26(20-39-28)25-6-4-3-5-7-25)17-15-31-35(30)36(45-23)32(19-29-14-16-34(44-29)37(41)42-2)40(31)21-24-8-11-27(38)12-9-24/h3-17,20,23H,18-19,21-22H2,1-2H3. The van der Waals surface area contributed by atoms with Crippen LogP contribution < -0.4 is 4.74 Å². The van der Waals surface area contributed by atoms with Crippen LogP contribution in [0.2, 0.25) is 5.02 Å². The quantitative estimate of drug-likeness (QED) is 0.148. The summed E-state index contributed by atoms with van der Waals surface area (Å²) in [5.74, 6) is 1.30. The summed E-state index contributed by atoms with van der Waals surface area (Å²) in [6.07, 6.45) is 3.32. The molecule has 4 heterocycles. The van der Waals surface area contributed by atoms with Crippen LogP contribution in [0.25, 0.3) is 22.0 Å². The van der Waals surface area contributed by atoms with Crippen LogP contribution in [-0.2, 0) is 30.7 Å². The van der Waals surface area contributed by atoms with E-state index in [9.17, 15) is 4.79 Å². The van der Waals surface area contributed by atoms with Crippen molar-refractivity contribution in [1.29, 1.82) is 0 Å². The van der Waals surface area contributed by atoms with Gasteiger partial charge >= 0.3 is 5.97 Å². The number of nitrogens with zero attached hydrogens (tertiary/aromatic N) is 2. The molecule has 1 aliphatic heterocycles. The van der Waals surface area contributed by atoms with Crippen LogP contribution in [0.5, 0.6) is 5.75 Å². The summed E-state index contributed by atoms with van der Waals surface area (Å²) in [6, 6.07) is 30.1. The summed E-state index contributed by atoms with van der Waals surface area (Å²) >= 11 is 8.09. The van der Waals surface area contributed by atoms with E-state index in [2.05, 4.69) is 58.9 Å². The number of aromatic nitrogens is 2. The molecule has 0 aliphatic carbocycles. The zero-order valence-electron chi connectivity index (χ0n) is 25.0. The van der Waals surface area contributed by atoms with Crippen LogP contribution in [0.1, 0.15) is 45.8 Å². The summed E-state index contributed by atoms with van der Waals surface area (Å²) in [7, 11) is 1.35. The molecular formula is C37H31ClN2O4S. The highest BCUT2D eigenvalue weighted by atomic mass is 35.5. The summed E-state index contributed by atoms with van der Waals surface area (Å²) < 4.78 is 19.6. The Kier molecular flexibility index (Phi) is 8.13. The van der Waals surface area contributed by atoms with E-state index < -0.39 is 5.97 Å². The monoisotopic (exact) mass is 634 g/mol. The number of ether oxygens (including phenoxy) is 2. The number of pyridine rings is 1. The Morgan fingerprint density at radius 2 is 1.82 bits per heavy atom. The molecule has 3 aromatic carbocycles. The van der Waals surface area contributed by atoms with E-state index in [1.54, 1.807) is 6.07 Å². The molecular weight excluding hydrogens is 604 g/mol. The maximum absolute atomic E-state index is 12.1. The lowest BCUT2D eigenvalue weighted by Crippen LogP contribution is -2.10. The third-order valence-corrected chi connectivity index (χ3v) is 9.61. The molecule has 226 valence electrons. The molecule has 1 unspecified atom stereocenters. The molecule has 0 fully saturated rings. The zero-order chi connectivity index (χ0) is 30.9. The lowest BCUT2D eigenvalue weighted by molar-refractivity contribution is 0.0563. The number of carbonyl (C=O) groups excluding carboxylic acids is 1. The molecule has 0 radical (unpaired) electrons. The molecule has 45 heavy (non-hydrogen) atoms. The number of halogens is 1. The molecule has 8 heteroatoms. The van der Waals surface area contributed by atoms with Crippen LogP contribution in [0, 0.1) is 0 Å². The van der Waals surface area contributed by atoms with Crippen molar-refractivity contribution in [2.75, 3.05) is 7.11 Å². The smallest absolute Gasteiger partial charge is 0.373 e. The van der Waals surface area contributed by atoms with E-state index >= 15 is 0 Å². The Morgan fingerprint density at radius 1 is 1.00 bits per heavy atom. The van der Waals surface area contributed by atoms with Crippen molar-refractivity contribution >= 4 is 40.2 Å². The minimum absolute atomic E-state index is 0.198. The van der Waals surface area contributed by atoms with Gasteiger partial charge in [0.2, 0.25) is 5.76 Å².